The Morgan fingerprint density at radius 3 is 2.91 bits per heavy atom. The van der Waals surface area contributed by atoms with E-state index in [9.17, 15) is 4.79 Å². The normalized spacial score (nSPS) is 25.1. The van der Waals surface area contributed by atoms with Crippen molar-refractivity contribution in [2.75, 3.05) is 31.9 Å². The third kappa shape index (κ3) is 3.58. The van der Waals surface area contributed by atoms with Crippen molar-refractivity contribution in [2.45, 2.75) is 49.8 Å². The zero-order valence-electron chi connectivity index (χ0n) is 14.0. The second kappa shape index (κ2) is 7.71. The molecule has 3 rings (SSSR count). The van der Waals surface area contributed by atoms with E-state index in [1.54, 1.807) is 6.20 Å². The van der Waals surface area contributed by atoms with Gasteiger partial charge in [-0.25, -0.2) is 0 Å². The van der Waals surface area contributed by atoms with E-state index in [2.05, 4.69) is 22.2 Å². The standard InChI is InChI=1S/C17H28N4OS/c1-2-23-15-6-3-4-12-20(14-15)16(22)17(7-10-18-11-8-17)21-13-5-9-19-21/h5,9,13,15,18H,2-4,6-8,10-12,14H2,1H3. The Kier molecular flexibility index (Phi) is 5.64. The van der Waals surface area contributed by atoms with Crippen molar-refractivity contribution < 1.29 is 4.79 Å². The van der Waals surface area contributed by atoms with E-state index in [0.717, 1.165) is 51.2 Å². The first-order valence-electron chi connectivity index (χ1n) is 8.88. The van der Waals surface area contributed by atoms with Gasteiger partial charge in [-0.2, -0.15) is 16.9 Å². The van der Waals surface area contributed by atoms with Gasteiger partial charge in [0.2, 0.25) is 0 Å². The number of piperidine rings is 1. The average Bonchev–Trinajstić information content (AvgIpc) is 3.03. The molecule has 1 amide bonds. The summed E-state index contributed by atoms with van der Waals surface area (Å²) in [4.78, 5) is 15.6. The van der Waals surface area contributed by atoms with Gasteiger partial charge >= 0.3 is 0 Å². The molecule has 0 aliphatic carbocycles. The maximum Gasteiger partial charge on any atom is 0.250 e. The molecule has 0 aromatic carbocycles. The number of nitrogens with one attached hydrogen (secondary N) is 1. The van der Waals surface area contributed by atoms with Gasteiger partial charge in [0.1, 0.15) is 5.54 Å². The molecule has 2 saturated heterocycles. The molecular formula is C17H28N4OS. The number of hydrogen-bond donors (Lipinski definition) is 1. The lowest BCUT2D eigenvalue weighted by Gasteiger charge is -2.40. The fourth-order valence-corrected chi connectivity index (χ4v) is 4.95. The van der Waals surface area contributed by atoms with E-state index >= 15 is 0 Å². The summed E-state index contributed by atoms with van der Waals surface area (Å²) in [6.45, 7) is 5.77. The fourth-order valence-electron chi connectivity index (χ4n) is 3.86. The Morgan fingerprint density at radius 1 is 1.39 bits per heavy atom. The number of carbonyl (C=O) groups is 1. The molecule has 128 valence electrons. The van der Waals surface area contributed by atoms with E-state index in [0.29, 0.717) is 5.25 Å². The quantitative estimate of drug-likeness (QED) is 0.915. The molecule has 2 aliphatic heterocycles. The van der Waals surface area contributed by atoms with Crippen molar-refractivity contribution in [3.05, 3.63) is 18.5 Å². The highest BCUT2D eigenvalue weighted by Crippen LogP contribution is 2.31. The maximum atomic E-state index is 13.5. The average molecular weight is 337 g/mol. The molecule has 1 aromatic rings. The van der Waals surface area contributed by atoms with Crippen molar-refractivity contribution in [3.63, 3.8) is 0 Å². The second-order valence-corrected chi connectivity index (χ2v) is 8.13. The first-order valence-corrected chi connectivity index (χ1v) is 9.93. The van der Waals surface area contributed by atoms with Crippen LogP contribution in [0.1, 0.15) is 39.0 Å². The van der Waals surface area contributed by atoms with Gasteiger partial charge in [-0.05, 0) is 50.6 Å². The molecule has 1 atom stereocenters. The monoisotopic (exact) mass is 336 g/mol. The van der Waals surface area contributed by atoms with E-state index in [1.165, 1.54) is 12.8 Å². The Labute approximate surface area is 143 Å². The predicted octanol–water partition coefficient (Wildman–Crippen LogP) is 2.10. The smallest absolute Gasteiger partial charge is 0.250 e. The Hall–Kier alpha value is -1.01. The van der Waals surface area contributed by atoms with Crippen LogP contribution in [-0.2, 0) is 10.3 Å². The maximum absolute atomic E-state index is 13.5. The van der Waals surface area contributed by atoms with Crippen LogP contribution >= 0.6 is 11.8 Å². The van der Waals surface area contributed by atoms with Gasteiger partial charge < -0.3 is 10.2 Å². The SMILES string of the molecule is CCSC1CCCCN(C(=O)C2(n3cccn3)CCNCC2)C1. The Balaban J connectivity index is 1.82. The van der Waals surface area contributed by atoms with Crippen LogP contribution in [0, 0.1) is 0 Å². The van der Waals surface area contributed by atoms with Crippen molar-refractivity contribution in [1.29, 1.82) is 0 Å². The summed E-state index contributed by atoms with van der Waals surface area (Å²) in [7, 11) is 0. The molecule has 0 radical (unpaired) electrons. The van der Waals surface area contributed by atoms with Crippen molar-refractivity contribution >= 4 is 17.7 Å². The van der Waals surface area contributed by atoms with E-state index in [-0.39, 0.29) is 5.91 Å². The minimum atomic E-state index is -0.486. The number of nitrogens with zero attached hydrogens (tertiary/aromatic N) is 3. The van der Waals surface area contributed by atoms with Gasteiger partial charge in [-0.15, -0.1) is 0 Å². The van der Waals surface area contributed by atoms with E-state index < -0.39 is 5.54 Å². The van der Waals surface area contributed by atoms with Crippen LogP contribution in [0.15, 0.2) is 18.5 Å². The number of aromatic nitrogens is 2. The van der Waals surface area contributed by atoms with Gasteiger partial charge in [-0.1, -0.05) is 13.3 Å². The summed E-state index contributed by atoms with van der Waals surface area (Å²) < 4.78 is 1.92. The molecule has 1 unspecified atom stereocenters. The van der Waals surface area contributed by atoms with Crippen LogP contribution in [-0.4, -0.2) is 57.8 Å². The minimum Gasteiger partial charge on any atom is -0.339 e. The van der Waals surface area contributed by atoms with Crippen molar-refractivity contribution in [1.82, 2.24) is 20.0 Å². The predicted molar refractivity (Wildman–Crippen MR) is 94.7 cm³/mol. The lowest BCUT2D eigenvalue weighted by Crippen LogP contribution is -2.56. The zero-order chi connectivity index (χ0) is 16.1. The molecule has 1 aromatic heterocycles. The van der Waals surface area contributed by atoms with Gasteiger partial charge in [0.15, 0.2) is 0 Å². The first-order chi connectivity index (χ1) is 11.3. The van der Waals surface area contributed by atoms with E-state index in [1.807, 2.05) is 28.7 Å². The molecule has 2 aliphatic rings. The van der Waals surface area contributed by atoms with Gasteiger partial charge in [0.25, 0.3) is 5.91 Å². The van der Waals surface area contributed by atoms with Crippen LogP contribution in [0.4, 0.5) is 0 Å². The topological polar surface area (TPSA) is 50.2 Å². The molecule has 0 bridgehead atoms. The number of hydrogen-bond acceptors (Lipinski definition) is 4. The largest absolute Gasteiger partial charge is 0.339 e. The second-order valence-electron chi connectivity index (χ2n) is 6.56. The summed E-state index contributed by atoms with van der Waals surface area (Å²) in [5.74, 6) is 1.41. The first kappa shape index (κ1) is 16.8. The summed E-state index contributed by atoms with van der Waals surface area (Å²) in [5, 5.41) is 8.41. The molecule has 0 saturated carbocycles. The van der Waals surface area contributed by atoms with Crippen LogP contribution < -0.4 is 5.32 Å². The number of amides is 1. The lowest BCUT2D eigenvalue weighted by molar-refractivity contribution is -0.143. The minimum absolute atomic E-state index is 0.284. The summed E-state index contributed by atoms with van der Waals surface area (Å²) in [6.07, 6.45) is 9.00. The van der Waals surface area contributed by atoms with Crippen LogP contribution in [0.3, 0.4) is 0 Å². The molecule has 6 heteroatoms. The molecule has 3 heterocycles. The van der Waals surface area contributed by atoms with Gasteiger partial charge in [-0.3, -0.25) is 9.48 Å². The summed E-state index contributed by atoms with van der Waals surface area (Å²) in [5.41, 5.74) is -0.486. The molecular weight excluding hydrogens is 308 g/mol. The van der Waals surface area contributed by atoms with Gasteiger partial charge in [0, 0.05) is 30.7 Å². The molecule has 5 nitrogen and oxygen atoms in total. The number of thioether (sulfide) groups is 1. The number of rotatable bonds is 4. The van der Waals surface area contributed by atoms with Crippen LogP contribution in [0.25, 0.3) is 0 Å². The Bertz CT molecular complexity index is 499. The third-order valence-electron chi connectivity index (χ3n) is 5.09. The fraction of sp³-hybridized carbons (Fsp3) is 0.765. The highest BCUT2D eigenvalue weighted by molar-refractivity contribution is 7.99. The summed E-state index contributed by atoms with van der Waals surface area (Å²) >= 11 is 2.00. The molecule has 1 N–H and O–H groups in total. The van der Waals surface area contributed by atoms with Crippen molar-refractivity contribution in [3.8, 4) is 0 Å². The summed E-state index contributed by atoms with van der Waals surface area (Å²) in [6, 6.07) is 1.93. The molecule has 2 fully saturated rings. The number of likely N-dealkylation sites (tertiary alicyclic amines) is 1. The van der Waals surface area contributed by atoms with E-state index in [4.69, 9.17) is 0 Å². The molecule has 0 spiro atoms. The highest BCUT2D eigenvalue weighted by atomic mass is 32.2. The van der Waals surface area contributed by atoms with Gasteiger partial charge in [0.05, 0.1) is 0 Å². The molecule has 23 heavy (non-hydrogen) atoms. The van der Waals surface area contributed by atoms with Crippen molar-refractivity contribution in [2.24, 2.45) is 0 Å². The third-order valence-corrected chi connectivity index (χ3v) is 6.28. The Morgan fingerprint density at radius 2 is 2.22 bits per heavy atom. The number of carbonyl (C=O) groups excluding carboxylic acids is 1. The lowest BCUT2D eigenvalue weighted by atomic mass is 9.86. The van der Waals surface area contributed by atoms with Crippen LogP contribution in [0.5, 0.6) is 0 Å². The zero-order valence-corrected chi connectivity index (χ0v) is 14.9. The van der Waals surface area contributed by atoms with Crippen LogP contribution in [0.2, 0.25) is 0 Å². The highest BCUT2D eigenvalue weighted by Gasteiger charge is 2.44.